The molecule has 0 amide bonds. The Kier molecular flexibility index (Phi) is 5.93. The SMILES string of the molecule is CN(CCN1CCCCC1)CC1CCCCC1O. The molecule has 1 heterocycles. The summed E-state index contributed by atoms with van der Waals surface area (Å²) in [4.78, 5) is 5.02. The highest BCUT2D eigenvalue weighted by molar-refractivity contribution is 4.77. The summed E-state index contributed by atoms with van der Waals surface area (Å²) >= 11 is 0. The van der Waals surface area contributed by atoms with Crippen LogP contribution in [0.25, 0.3) is 0 Å². The number of hydrogen-bond donors (Lipinski definition) is 1. The van der Waals surface area contributed by atoms with Crippen molar-refractivity contribution >= 4 is 0 Å². The molecule has 1 aliphatic heterocycles. The molecule has 18 heavy (non-hydrogen) atoms. The third-order valence-electron chi connectivity index (χ3n) is 4.66. The van der Waals surface area contributed by atoms with Crippen molar-refractivity contribution < 1.29 is 5.11 Å². The Morgan fingerprint density at radius 2 is 1.78 bits per heavy atom. The van der Waals surface area contributed by atoms with Crippen LogP contribution in [0.4, 0.5) is 0 Å². The van der Waals surface area contributed by atoms with Crippen molar-refractivity contribution in [3.63, 3.8) is 0 Å². The number of rotatable bonds is 5. The standard InChI is InChI=1S/C15H30N2O/c1-16(11-12-17-9-5-2-6-10-17)13-14-7-3-4-8-15(14)18/h14-15,18H,2-13H2,1H3. The topological polar surface area (TPSA) is 26.7 Å². The molecule has 0 spiro atoms. The van der Waals surface area contributed by atoms with E-state index in [0.717, 1.165) is 19.5 Å². The molecule has 3 nitrogen and oxygen atoms in total. The fourth-order valence-corrected chi connectivity index (χ4v) is 3.39. The van der Waals surface area contributed by atoms with Crippen LogP contribution in [0.15, 0.2) is 0 Å². The zero-order valence-electron chi connectivity index (χ0n) is 12.0. The van der Waals surface area contributed by atoms with Gasteiger partial charge in [0.2, 0.25) is 0 Å². The lowest BCUT2D eigenvalue weighted by Gasteiger charge is -2.33. The second-order valence-corrected chi connectivity index (χ2v) is 6.28. The van der Waals surface area contributed by atoms with E-state index in [4.69, 9.17) is 0 Å². The van der Waals surface area contributed by atoms with Crippen LogP contribution in [-0.4, -0.2) is 60.8 Å². The van der Waals surface area contributed by atoms with Gasteiger partial charge >= 0.3 is 0 Å². The summed E-state index contributed by atoms with van der Waals surface area (Å²) in [7, 11) is 2.21. The number of piperidine rings is 1. The van der Waals surface area contributed by atoms with Crippen LogP contribution < -0.4 is 0 Å². The Bertz CT molecular complexity index is 229. The van der Waals surface area contributed by atoms with E-state index in [0.29, 0.717) is 5.92 Å². The Morgan fingerprint density at radius 3 is 2.50 bits per heavy atom. The van der Waals surface area contributed by atoms with Crippen LogP contribution >= 0.6 is 0 Å². The molecular weight excluding hydrogens is 224 g/mol. The fraction of sp³-hybridized carbons (Fsp3) is 1.00. The molecule has 0 aromatic rings. The average Bonchev–Trinajstić information content (AvgIpc) is 2.40. The lowest BCUT2D eigenvalue weighted by molar-refractivity contribution is 0.0492. The van der Waals surface area contributed by atoms with Gasteiger partial charge in [-0.3, -0.25) is 0 Å². The van der Waals surface area contributed by atoms with Crippen molar-refractivity contribution in [2.75, 3.05) is 39.8 Å². The molecule has 2 fully saturated rings. The quantitative estimate of drug-likeness (QED) is 0.812. The zero-order chi connectivity index (χ0) is 12.8. The summed E-state index contributed by atoms with van der Waals surface area (Å²) < 4.78 is 0. The normalized spacial score (nSPS) is 30.8. The maximum absolute atomic E-state index is 10.00. The summed E-state index contributed by atoms with van der Waals surface area (Å²) in [6.07, 6.45) is 8.89. The van der Waals surface area contributed by atoms with Gasteiger partial charge in [0.05, 0.1) is 6.10 Å². The molecule has 1 N–H and O–H groups in total. The van der Waals surface area contributed by atoms with Gasteiger partial charge < -0.3 is 14.9 Å². The summed E-state index contributed by atoms with van der Waals surface area (Å²) in [5, 5.41) is 10.00. The van der Waals surface area contributed by atoms with E-state index in [1.165, 1.54) is 58.2 Å². The molecule has 1 aliphatic carbocycles. The Hall–Kier alpha value is -0.120. The van der Waals surface area contributed by atoms with E-state index in [1.54, 1.807) is 0 Å². The minimum Gasteiger partial charge on any atom is -0.393 e. The van der Waals surface area contributed by atoms with Crippen molar-refractivity contribution in [2.24, 2.45) is 5.92 Å². The number of hydrogen-bond acceptors (Lipinski definition) is 3. The lowest BCUT2D eigenvalue weighted by Crippen LogP contribution is -2.40. The van der Waals surface area contributed by atoms with E-state index < -0.39 is 0 Å². The van der Waals surface area contributed by atoms with Crippen molar-refractivity contribution in [3.8, 4) is 0 Å². The maximum atomic E-state index is 10.00. The molecule has 3 heteroatoms. The summed E-state index contributed by atoms with van der Waals surface area (Å²) in [6.45, 7) is 6.03. The molecule has 1 saturated carbocycles. The predicted molar refractivity (Wildman–Crippen MR) is 75.8 cm³/mol. The van der Waals surface area contributed by atoms with Gasteiger partial charge in [0, 0.05) is 19.6 Å². The minimum atomic E-state index is -0.0452. The summed E-state index contributed by atoms with van der Waals surface area (Å²) in [6, 6.07) is 0. The largest absolute Gasteiger partial charge is 0.393 e. The Balaban J connectivity index is 1.63. The van der Waals surface area contributed by atoms with Crippen LogP contribution in [0.2, 0.25) is 0 Å². The highest BCUT2D eigenvalue weighted by Gasteiger charge is 2.24. The highest BCUT2D eigenvalue weighted by Crippen LogP contribution is 2.24. The molecule has 0 aromatic heterocycles. The number of nitrogens with zero attached hydrogens (tertiary/aromatic N) is 2. The Morgan fingerprint density at radius 1 is 1.06 bits per heavy atom. The molecule has 2 rings (SSSR count). The number of likely N-dealkylation sites (tertiary alicyclic amines) is 1. The molecule has 0 bridgehead atoms. The van der Waals surface area contributed by atoms with Crippen LogP contribution in [0.5, 0.6) is 0 Å². The second kappa shape index (κ2) is 7.46. The fourth-order valence-electron chi connectivity index (χ4n) is 3.39. The first-order valence-electron chi connectivity index (χ1n) is 7.84. The predicted octanol–water partition coefficient (Wildman–Crippen LogP) is 1.96. The monoisotopic (exact) mass is 254 g/mol. The van der Waals surface area contributed by atoms with Crippen LogP contribution in [0.3, 0.4) is 0 Å². The zero-order valence-corrected chi connectivity index (χ0v) is 12.0. The number of aliphatic hydroxyl groups excluding tert-OH is 1. The highest BCUT2D eigenvalue weighted by atomic mass is 16.3. The average molecular weight is 254 g/mol. The van der Waals surface area contributed by atoms with Gasteiger partial charge in [-0.1, -0.05) is 19.3 Å². The van der Waals surface area contributed by atoms with E-state index in [9.17, 15) is 5.11 Å². The maximum Gasteiger partial charge on any atom is 0.0580 e. The molecule has 0 aromatic carbocycles. The number of aliphatic hydroxyl groups is 1. The number of likely N-dealkylation sites (N-methyl/N-ethyl adjacent to an activating group) is 1. The summed E-state index contributed by atoms with van der Waals surface area (Å²) in [5.41, 5.74) is 0. The molecule has 2 aliphatic rings. The molecular formula is C15H30N2O. The molecule has 0 radical (unpaired) electrons. The van der Waals surface area contributed by atoms with Crippen LogP contribution in [0.1, 0.15) is 44.9 Å². The van der Waals surface area contributed by atoms with E-state index in [1.807, 2.05) is 0 Å². The lowest BCUT2D eigenvalue weighted by atomic mass is 9.86. The smallest absolute Gasteiger partial charge is 0.0580 e. The minimum absolute atomic E-state index is 0.0452. The third kappa shape index (κ3) is 4.52. The van der Waals surface area contributed by atoms with Gasteiger partial charge in [0.1, 0.15) is 0 Å². The van der Waals surface area contributed by atoms with E-state index >= 15 is 0 Å². The van der Waals surface area contributed by atoms with Crippen LogP contribution in [0, 0.1) is 5.92 Å². The van der Waals surface area contributed by atoms with Crippen molar-refractivity contribution in [3.05, 3.63) is 0 Å². The van der Waals surface area contributed by atoms with Gasteiger partial charge in [-0.25, -0.2) is 0 Å². The van der Waals surface area contributed by atoms with Gasteiger partial charge in [-0.05, 0) is 51.7 Å². The van der Waals surface area contributed by atoms with Crippen molar-refractivity contribution in [2.45, 2.75) is 51.0 Å². The molecule has 106 valence electrons. The molecule has 2 unspecified atom stereocenters. The van der Waals surface area contributed by atoms with Gasteiger partial charge in [-0.2, -0.15) is 0 Å². The Labute approximate surface area is 112 Å². The molecule has 1 saturated heterocycles. The first-order chi connectivity index (χ1) is 8.75. The van der Waals surface area contributed by atoms with Crippen LogP contribution in [-0.2, 0) is 0 Å². The van der Waals surface area contributed by atoms with E-state index in [2.05, 4.69) is 16.8 Å². The van der Waals surface area contributed by atoms with Gasteiger partial charge in [0.25, 0.3) is 0 Å². The molecule has 2 atom stereocenters. The summed E-state index contributed by atoms with van der Waals surface area (Å²) in [5.74, 6) is 0.519. The van der Waals surface area contributed by atoms with Gasteiger partial charge in [0.15, 0.2) is 0 Å². The van der Waals surface area contributed by atoms with Crippen molar-refractivity contribution in [1.29, 1.82) is 0 Å². The van der Waals surface area contributed by atoms with E-state index in [-0.39, 0.29) is 6.10 Å². The first-order valence-corrected chi connectivity index (χ1v) is 7.84. The second-order valence-electron chi connectivity index (χ2n) is 6.28. The first kappa shape index (κ1) is 14.3. The van der Waals surface area contributed by atoms with Crippen molar-refractivity contribution in [1.82, 2.24) is 9.80 Å². The van der Waals surface area contributed by atoms with Gasteiger partial charge in [-0.15, -0.1) is 0 Å². The third-order valence-corrected chi connectivity index (χ3v) is 4.66.